The summed E-state index contributed by atoms with van der Waals surface area (Å²) >= 11 is 0. The summed E-state index contributed by atoms with van der Waals surface area (Å²) in [4.78, 5) is 3.96. The monoisotopic (exact) mass is 231 g/mol. The quantitative estimate of drug-likeness (QED) is 0.774. The number of anilines is 1. The van der Waals surface area contributed by atoms with Gasteiger partial charge in [0.2, 0.25) is 0 Å². The van der Waals surface area contributed by atoms with Gasteiger partial charge in [-0.2, -0.15) is 0 Å². The molecule has 0 saturated carbocycles. The highest BCUT2D eigenvalue weighted by Crippen LogP contribution is 2.03. The van der Waals surface area contributed by atoms with Gasteiger partial charge in [0.05, 0.1) is 6.61 Å². The second-order valence-corrected chi connectivity index (χ2v) is 3.87. The van der Waals surface area contributed by atoms with Crippen LogP contribution in [0.15, 0.2) is 42.7 Å². The number of rotatable bonds is 6. The second kappa shape index (κ2) is 6.06. The molecule has 2 rings (SSSR count). The number of benzene rings is 1. The van der Waals surface area contributed by atoms with E-state index < -0.39 is 0 Å². The fourth-order valence-corrected chi connectivity index (χ4v) is 1.63. The van der Waals surface area contributed by atoms with Crippen LogP contribution in [-0.4, -0.2) is 16.2 Å². The maximum Gasteiger partial charge on any atom is 0.200 e. The Kier molecular flexibility index (Phi) is 4.16. The average molecular weight is 231 g/mol. The van der Waals surface area contributed by atoms with Gasteiger partial charge in [-0.05, 0) is 12.0 Å². The van der Waals surface area contributed by atoms with Crippen molar-refractivity contribution in [3.05, 3.63) is 48.3 Å². The van der Waals surface area contributed by atoms with Crippen molar-refractivity contribution in [2.75, 3.05) is 12.3 Å². The maximum atomic E-state index is 5.66. The summed E-state index contributed by atoms with van der Waals surface area (Å²) in [5.74, 6) is 0.563. The zero-order chi connectivity index (χ0) is 11.9. The Morgan fingerprint density at radius 3 is 2.76 bits per heavy atom. The number of nitrogens with two attached hydrogens (primary N) is 1. The van der Waals surface area contributed by atoms with E-state index in [4.69, 9.17) is 10.5 Å². The number of aryl methyl sites for hydroxylation is 1. The Morgan fingerprint density at radius 1 is 1.24 bits per heavy atom. The van der Waals surface area contributed by atoms with Crippen LogP contribution >= 0.6 is 0 Å². The molecule has 90 valence electrons. The molecule has 0 fully saturated rings. The lowest BCUT2D eigenvalue weighted by Crippen LogP contribution is -2.05. The van der Waals surface area contributed by atoms with Gasteiger partial charge in [0, 0.05) is 25.5 Å². The molecular weight excluding hydrogens is 214 g/mol. The van der Waals surface area contributed by atoms with Gasteiger partial charge in [-0.25, -0.2) is 4.98 Å². The Labute approximate surface area is 101 Å². The van der Waals surface area contributed by atoms with Gasteiger partial charge in [-0.1, -0.05) is 30.3 Å². The summed E-state index contributed by atoms with van der Waals surface area (Å²) < 4.78 is 7.51. The molecule has 17 heavy (non-hydrogen) atoms. The molecule has 0 bridgehead atoms. The fraction of sp³-hybridized carbons (Fsp3) is 0.308. The highest BCUT2D eigenvalue weighted by molar-refractivity contribution is 5.16. The lowest BCUT2D eigenvalue weighted by atomic mass is 10.2. The molecule has 4 nitrogen and oxygen atoms in total. The van der Waals surface area contributed by atoms with E-state index >= 15 is 0 Å². The SMILES string of the molecule is Nc1nccn1CCCOCc1ccccc1. The topological polar surface area (TPSA) is 53.1 Å². The predicted molar refractivity (Wildman–Crippen MR) is 67.4 cm³/mol. The van der Waals surface area contributed by atoms with Crippen molar-refractivity contribution in [1.82, 2.24) is 9.55 Å². The highest BCUT2D eigenvalue weighted by Gasteiger charge is 1.97. The molecule has 1 heterocycles. The van der Waals surface area contributed by atoms with Crippen LogP contribution in [0.25, 0.3) is 0 Å². The third kappa shape index (κ3) is 3.60. The number of ether oxygens (including phenoxy) is 1. The zero-order valence-electron chi connectivity index (χ0n) is 9.75. The van der Waals surface area contributed by atoms with Gasteiger partial charge in [-0.3, -0.25) is 0 Å². The largest absolute Gasteiger partial charge is 0.377 e. The van der Waals surface area contributed by atoms with Crippen LogP contribution in [0.3, 0.4) is 0 Å². The molecule has 0 atom stereocenters. The molecule has 0 aliphatic rings. The minimum absolute atomic E-state index is 0.563. The van der Waals surface area contributed by atoms with Crippen LogP contribution in [0.5, 0.6) is 0 Å². The van der Waals surface area contributed by atoms with E-state index in [0.29, 0.717) is 12.6 Å². The van der Waals surface area contributed by atoms with Gasteiger partial charge in [0.25, 0.3) is 0 Å². The molecular formula is C13H17N3O. The van der Waals surface area contributed by atoms with Crippen molar-refractivity contribution >= 4 is 5.95 Å². The van der Waals surface area contributed by atoms with Crippen molar-refractivity contribution in [3.8, 4) is 0 Å². The van der Waals surface area contributed by atoms with Gasteiger partial charge >= 0.3 is 0 Å². The maximum absolute atomic E-state index is 5.66. The number of nitrogen functional groups attached to an aromatic ring is 1. The predicted octanol–water partition coefficient (Wildman–Crippen LogP) is 2.07. The van der Waals surface area contributed by atoms with Crippen LogP contribution in [0.1, 0.15) is 12.0 Å². The number of aromatic nitrogens is 2. The van der Waals surface area contributed by atoms with E-state index in [1.54, 1.807) is 6.20 Å². The minimum atomic E-state index is 0.563. The first-order valence-electron chi connectivity index (χ1n) is 5.74. The third-order valence-electron chi connectivity index (χ3n) is 2.55. The van der Waals surface area contributed by atoms with E-state index in [9.17, 15) is 0 Å². The van der Waals surface area contributed by atoms with Crippen molar-refractivity contribution in [1.29, 1.82) is 0 Å². The van der Waals surface area contributed by atoms with E-state index in [1.807, 2.05) is 29.0 Å². The van der Waals surface area contributed by atoms with Gasteiger partial charge in [0.1, 0.15) is 0 Å². The Bertz CT molecular complexity index is 439. The molecule has 0 aliphatic heterocycles. The summed E-state index contributed by atoms with van der Waals surface area (Å²) in [6.07, 6.45) is 4.53. The van der Waals surface area contributed by atoms with E-state index in [2.05, 4.69) is 17.1 Å². The summed E-state index contributed by atoms with van der Waals surface area (Å²) in [5.41, 5.74) is 6.86. The van der Waals surface area contributed by atoms with Gasteiger partial charge in [-0.15, -0.1) is 0 Å². The van der Waals surface area contributed by atoms with Crippen LogP contribution < -0.4 is 5.73 Å². The molecule has 0 radical (unpaired) electrons. The number of nitrogens with zero attached hydrogens (tertiary/aromatic N) is 2. The second-order valence-electron chi connectivity index (χ2n) is 3.87. The molecule has 0 unspecified atom stereocenters. The average Bonchev–Trinajstić information content (AvgIpc) is 2.76. The van der Waals surface area contributed by atoms with Crippen LogP contribution in [0.2, 0.25) is 0 Å². The summed E-state index contributed by atoms with van der Waals surface area (Å²) in [6.45, 7) is 2.24. The molecule has 2 N–H and O–H groups in total. The smallest absolute Gasteiger partial charge is 0.200 e. The van der Waals surface area contributed by atoms with Crippen molar-refractivity contribution in [3.63, 3.8) is 0 Å². The van der Waals surface area contributed by atoms with Crippen LogP contribution in [0, 0.1) is 0 Å². The Morgan fingerprint density at radius 2 is 2.06 bits per heavy atom. The molecule has 1 aromatic carbocycles. The Hall–Kier alpha value is -1.81. The van der Waals surface area contributed by atoms with Gasteiger partial charge in [0.15, 0.2) is 5.95 Å². The Balaban J connectivity index is 1.63. The van der Waals surface area contributed by atoms with Crippen molar-refractivity contribution in [2.24, 2.45) is 0 Å². The first-order valence-corrected chi connectivity index (χ1v) is 5.74. The zero-order valence-corrected chi connectivity index (χ0v) is 9.75. The molecule has 4 heteroatoms. The number of hydrogen-bond donors (Lipinski definition) is 1. The minimum Gasteiger partial charge on any atom is -0.377 e. The first-order chi connectivity index (χ1) is 8.36. The fourth-order valence-electron chi connectivity index (χ4n) is 1.63. The molecule has 0 aliphatic carbocycles. The number of hydrogen-bond acceptors (Lipinski definition) is 3. The van der Waals surface area contributed by atoms with Crippen molar-refractivity contribution < 1.29 is 4.74 Å². The molecule has 0 amide bonds. The molecule has 1 aromatic heterocycles. The highest BCUT2D eigenvalue weighted by atomic mass is 16.5. The van der Waals surface area contributed by atoms with Crippen LogP contribution in [0.4, 0.5) is 5.95 Å². The van der Waals surface area contributed by atoms with E-state index in [-0.39, 0.29) is 0 Å². The number of imidazole rings is 1. The molecule has 0 spiro atoms. The molecule has 0 saturated heterocycles. The lowest BCUT2D eigenvalue weighted by Gasteiger charge is -2.06. The summed E-state index contributed by atoms with van der Waals surface area (Å²) in [7, 11) is 0. The normalized spacial score (nSPS) is 10.6. The summed E-state index contributed by atoms with van der Waals surface area (Å²) in [6, 6.07) is 10.2. The summed E-state index contributed by atoms with van der Waals surface area (Å²) in [5, 5.41) is 0. The first kappa shape index (κ1) is 11.7. The van der Waals surface area contributed by atoms with Crippen LogP contribution in [-0.2, 0) is 17.9 Å². The standard InChI is InChI=1S/C13H17N3O/c14-13-15-7-9-16(13)8-4-10-17-11-12-5-2-1-3-6-12/h1-3,5-7,9H,4,8,10-11H2,(H2,14,15). The van der Waals surface area contributed by atoms with Gasteiger partial charge < -0.3 is 15.0 Å². The molecule has 2 aromatic rings. The van der Waals surface area contributed by atoms with Crippen molar-refractivity contribution in [2.45, 2.75) is 19.6 Å². The third-order valence-corrected chi connectivity index (χ3v) is 2.55. The lowest BCUT2D eigenvalue weighted by molar-refractivity contribution is 0.116. The van der Waals surface area contributed by atoms with E-state index in [0.717, 1.165) is 19.6 Å². The van der Waals surface area contributed by atoms with E-state index in [1.165, 1.54) is 5.56 Å².